The highest BCUT2D eigenvalue weighted by Gasteiger charge is 2.18. The molecule has 5 nitrogen and oxygen atoms in total. The number of benzene rings is 1. The molecule has 0 saturated carbocycles. The molecule has 1 aromatic heterocycles. The highest BCUT2D eigenvalue weighted by Crippen LogP contribution is 2.25. The van der Waals surface area contributed by atoms with Crippen LogP contribution in [-0.4, -0.2) is 28.2 Å². The first-order valence-corrected chi connectivity index (χ1v) is 6.74. The third kappa shape index (κ3) is 3.98. The summed E-state index contributed by atoms with van der Waals surface area (Å²) in [7, 11) is 1.79. The average Bonchev–Trinajstić information content (AvgIpc) is 2.85. The molecule has 7 heteroatoms. The second-order valence-electron chi connectivity index (χ2n) is 4.62. The number of hydrogen-bond acceptors (Lipinski definition) is 4. The number of ether oxygens (including phenoxy) is 1. The minimum Gasteiger partial charge on any atom is -0.435 e. The molecular weight excluding hydrogens is 278 g/mol. The predicted octanol–water partition coefficient (Wildman–Crippen LogP) is 2.51. The zero-order valence-electron chi connectivity index (χ0n) is 12.0. The third-order valence-electron chi connectivity index (χ3n) is 3.06. The minimum absolute atomic E-state index is 0.140. The molecule has 1 aromatic carbocycles. The maximum absolute atomic E-state index is 12.3. The molecule has 2 rings (SSSR count). The van der Waals surface area contributed by atoms with Gasteiger partial charge in [0.15, 0.2) is 0 Å². The second kappa shape index (κ2) is 7.12. The van der Waals surface area contributed by atoms with Crippen LogP contribution in [-0.2, 0) is 7.05 Å². The van der Waals surface area contributed by atoms with Crippen LogP contribution in [0.15, 0.2) is 30.5 Å². The lowest BCUT2D eigenvalue weighted by molar-refractivity contribution is -0.0498. The van der Waals surface area contributed by atoms with E-state index >= 15 is 0 Å². The summed E-state index contributed by atoms with van der Waals surface area (Å²) in [6, 6.07) is 6.49. The number of alkyl halides is 2. The quantitative estimate of drug-likeness (QED) is 0.853. The molecule has 0 spiro atoms. The van der Waals surface area contributed by atoms with E-state index in [2.05, 4.69) is 27.3 Å². The Kier molecular flexibility index (Phi) is 5.21. The van der Waals surface area contributed by atoms with Crippen molar-refractivity contribution in [3.8, 4) is 5.75 Å². The predicted molar refractivity (Wildman–Crippen MR) is 74.2 cm³/mol. The Balaban J connectivity index is 2.30. The molecule has 114 valence electrons. The Labute approximate surface area is 121 Å². The highest BCUT2D eigenvalue weighted by molar-refractivity contribution is 5.34. The number of hydrogen-bond donors (Lipinski definition) is 1. The van der Waals surface area contributed by atoms with Crippen LogP contribution in [0.3, 0.4) is 0 Å². The molecule has 1 heterocycles. The third-order valence-corrected chi connectivity index (χ3v) is 3.06. The fourth-order valence-corrected chi connectivity index (χ4v) is 2.11. The van der Waals surface area contributed by atoms with E-state index in [1.807, 2.05) is 6.07 Å². The number of aryl methyl sites for hydroxylation is 1. The summed E-state index contributed by atoms with van der Waals surface area (Å²) in [5.74, 6) is 0.140. The summed E-state index contributed by atoms with van der Waals surface area (Å²) < 4.78 is 30.8. The topological polar surface area (TPSA) is 52.0 Å². The maximum atomic E-state index is 12.3. The van der Waals surface area contributed by atoms with Crippen LogP contribution < -0.4 is 10.1 Å². The molecule has 0 fully saturated rings. The molecule has 0 amide bonds. The number of aromatic nitrogens is 3. The summed E-state index contributed by atoms with van der Waals surface area (Å²) in [5.41, 5.74) is 1.68. The number of nitrogens with zero attached hydrogens (tertiary/aromatic N) is 3. The van der Waals surface area contributed by atoms with E-state index in [9.17, 15) is 8.78 Å². The molecule has 0 saturated heterocycles. The number of halogens is 2. The van der Waals surface area contributed by atoms with Gasteiger partial charge in [-0.05, 0) is 30.7 Å². The number of nitrogens with one attached hydrogen (secondary N) is 1. The fraction of sp³-hybridized carbons (Fsp3) is 0.429. The van der Waals surface area contributed by atoms with Gasteiger partial charge in [-0.25, -0.2) is 0 Å². The zero-order chi connectivity index (χ0) is 15.2. The molecule has 1 atom stereocenters. The smallest absolute Gasteiger partial charge is 0.387 e. The van der Waals surface area contributed by atoms with Gasteiger partial charge < -0.3 is 10.1 Å². The van der Waals surface area contributed by atoms with E-state index in [1.54, 1.807) is 30.1 Å². The zero-order valence-corrected chi connectivity index (χ0v) is 12.0. The normalized spacial score (nSPS) is 12.6. The lowest BCUT2D eigenvalue weighted by Crippen LogP contribution is -2.25. The van der Waals surface area contributed by atoms with Gasteiger partial charge in [-0.3, -0.25) is 4.68 Å². The van der Waals surface area contributed by atoms with Crippen LogP contribution in [0.4, 0.5) is 8.78 Å². The Hall–Kier alpha value is -2.02. The van der Waals surface area contributed by atoms with E-state index < -0.39 is 6.61 Å². The van der Waals surface area contributed by atoms with Crippen LogP contribution >= 0.6 is 0 Å². The van der Waals surface area contributed by atoms with Crippen molar-refractivity contribution in [1.82, 2.24) is 20.3 Å². The van der Waals surface area contributed by atoms with Crippen LogP contribution in [0.2, 0.25) is 0 Å². The monoisotopic (exact) mass is 296 g/mol. The van der Waals surface area contributed by atoms with Crippen LogP contribution in [0.1, 0.15) is 30.6 Å². The Morgan fingerprint density at radius 1 is 1.38 bits per heavy atom. The van der Waals surface area contributed by atoms with Gasteiger partial charge >= 0.3 is 6.61 Å². The fourth-order valence-electron chi connectivity index (χ4n) is 2.11. The summed E-state index contributed by atoms with van der Waals surface area (Å²) >= 11 is 0. The van der Waals surface area contributed by atoms with Crippen molar-refractivity contribution in [1.29, 1.82) is 0 Å². The Morgan fingerprint density at radius 2 is 2.19 bits per heavy atom. The van der Waals surface area contributed by atoms with Gasteiger partial charge in [-0.2, -0.15) is 8.78 Å². The van der Waals surface area contributed by atoms with Crippen molar-refractivity contribution in [3.05, 3.63) is 41.7 Å². The molecule has 0 aliphatic heterocycles. The maximum Gasteiger partial charge on any atom is 0.387 e. The summed E-state index contributed by atoms with van der Waals surface area (Å²) in [6.45, 7) is 0.0122. The summed E-state index contributed by atoms with van der Waals surface area (Å²) in [5, 5.41) is 11.2. The Morgan fingerprint density at radius 3 is 2.81 bits per heavy atom. The van der Waals surface area contributed by atoms with Gasteiger partial charge in [0.25, 0.3) is 0 Å². The SMILES string of the molecule is CCCNC(c1cccc(OC(F)F)c1)c1cnnn1C. The molecule has 21 heavy (non-hydrogen) atoms. The molecule has 0 radical (unpaired) electrons. The van der Waals surface area contributed by atoms with Gasteiger partial charge in [-0.15, -0.1) is 5.10 Å². The number of rotatable bonds is 7. The Bertz CT molecular complexity index is 574. The first-order valence-electron chi connectivity index (χ1n) is 6.74. The van der Waals surface area contributed by atoms with Gasteiger partial charge in [0.2, 0.25) is 0 Å². The van der Waals surface area contributed by atoms with Gasteiger partial charge in [0, 0.05) is 7.05 Å². The average molecular weight is 296 g/mol. The van der Waals surface area contributed by atoms with E-state index in [1.165, 1.54) is 6.07 Å². The molecule has 0 aliphatic carbocycles. The lowest BCUT2D eigenvalue weighted by Gasteiger charge is -2.19. The van der Waals surface area contributed by atoms with E-state index in [0.717, 1.165) is 24.2 Å². The van der Waals surface area contributed by atoms with Crippen LogP contribution in [0.25, 0.3) is 0 Å². The van der Waals surface area contributed by atoms with Gasteiger partial charge in [0.1, 0.15) is 5.75 Å². The van der Waals surface area contributed by atoms with Gasteiger partial charge in [0.05, 0.1) is 17.9 Å². The molecule has 2 aromatic rings. The molecule has 1 N–H and O–H groups in total. The van der Waals surface area contributed by atoms with Crippen molar-refractivity contribution in [3.63, 3.8) is 0 Å². The van der Waals surface area contributed by atoms with Crippen LogP contribution in [0.5, 0.6) is 5.75 Å². The molecule has 0 aliphatic rings. The van der Waals surface area contributed by atoms with E-state index in [4.69, 9.17) is 0 Å². The van der Waals surface area contributed by atoms with Crippen molar-refractivity contribution in [2.24, 2.45) is 7.05 Å². The second-order valence-corrected chi connectivity index (χ2v) is 4.62. The largest absolute Gasteiger partial charge is 0.435 e. The minimum atomic E-state index is -2.83. The van der Waals surface area contributed by atoms with E-state index in [-0.39, 0.29) is 11.8 Å². The summed E-state index contributed by atoms with van der Waals surface area (Å²) in [4.78, 5) is 0. The van der Waals surface area contributed by atoms with Crippen molar-refractivity contribution in [2.45, 2.75) is 26.0 Å². The first kappa shape index (κ1) is 15.4. The first-order chi connectivity index (χ1) is 10.1. The highest BCUT2D eigenvalue weighted by atomic mass is 19.3. The van der Waals surface area contributed by atoms with Crippen LogP contribution in [0, 0.1) is 0 Å². The van der Waals surface area contributed by atoms with Crippen molar-refractivity contribution in [2.75, 3.05) is 6.54 Å². The van der Waals surface area contributed by atoms with Crippen molar-refractivity contribution < 1.29 is 13.5 Å². The van der Waals surface area contributed by atoms with Crippen molar-refractivity contribution >= 4 is 0 Å². The molecule has 0 bridgehead atoms. The summed E-state index contributed by atoms with van der Waals surface area (Å²) in [6.07, 6.45) is 2.61. The lowest BCUT2D eigenvalue weighted by atomic mass is 10.0. The van der Waals surface area contributed by atoms with Gasteiger partial charge in [-0.1, -0.05) is 24.3 Å². The standard InChI is InChI=1S/C14H18F2N4O/c1-3-7-17-13(12-9-18-19-20(12)2)10-5-4-6-11(8-10)21-14(15)16/h4-6,8-9,13-14,17H,3,7H2,1-2H3. The van der Waals surface area contributed by atoms with E-state index in [0.29, 0.717) is 0 Å². The molecule has 1 unspecified atom stereocenters. The molecular formula is C14H18F2N4O.